The average Bonchev–Trinajstić information content (AvgIpc) is 3.48. The largest absolute Gasteiger partial charge is 0.493 e. The smallest absolute Gasteiger partial charge is 0.246 e. The fraction of sp³-hybridized carbons (Fsp3) is 0.545. The van der Waals surface area contributed by atoms with Crippen LogP contribution in [0.1, 0.15) is 37.8 Å². The van der Waals surface area contributed by atoms with Gasteiger partial charge in [-0.2, -0.15) is 0 Å². The number of amides is 2. The highest BCUT2D eigenvalue weighted by Gasteiger charge is 2.35. The van der Waals surface area contributed by atoms with Gasteiger partial charge in [0.2, 0.25) is 11.8 Å². The predicted octanol–water partition coefficient (Wildman–Crippen LogP) is 2.50. The van der Waals surface area contributed by atoms with Crippen molar-refractivity contribution in [1.82, 2.24) is 9.80 Å². The van der Waals surface area contributed by atoms with Crippen molar-refractivity contribution in [1.29, 1.82) is 0 Å². The predicted molar refractivity (Wildman–Crippen MR) is 106 cm³/mol. The van der Waals surface area contributed by atoms with E-state index in [2.05, 4.69) is 0 Å². The highest BCUT2D eigenvalue weighted by Crippen LogP contribution is 2.36. The molecule has 1 aliphatic carbocycles. The summed E-state index contributed by atoms with van der Waals surface area (Å²) >= 11 is 0. The van der Waals surface area contributed by atoms with Gasteiger partial charge in [0.15, 0.2) is 0 Å². The van der Waals surface area contributed by atoms with Crippen molar-refractivity contribution in [3.63, 3.8) is 0 Å². The van der Waals surface area contributed by atoms with Gasteiger partial charge < -0.3 is 19.3 Å². The number of fused-ring (bicyclic) bond motifs is 1. The Morgan fingerprint density at radius 1 is 1.18 bits per heavy atom. The minimum Gasteiger partial charge on any atom is -0.493 e. The summed E-state index contributed by atoms with van der Waals surface area (Å²) in [6.45, 7) is 7.00. The molecule has 28 heavy (non-hydrogen) atoms. The number of hydrogen-bond acceptors (Lipinski definition) is 4. The van der Waals surface area contributed by atoms with Crippen LogP contribution < -0.4 is 9.47 Å². The summed E-state index contributed by atoms with van der Waals surface area (Å²) in [6.07, 6.45) is 6.49. The van der Waals surface area contributed by atoms with E-state index in [1.807, 2.05) is 37.0 Å². The second-order valence-electron chi connectivity index (χ2n) is 7.82. The molecule has 2 aliphatic heterocycles. The van der Waals surface area contributed by atoms with Gasteiger partial charge in [-0.1, -0.05) is 0 Å². The first-order valence-corrected chi connectivity index (χ1v) is 10.3. The Balaban J connectivity index is 1.40. The molecule has 2 amide bonds. The molecule has 6 nitrogen and oxygen atoms in total. The number of benzene rings is 1. The maximum atomic E-state index is 12.6. The molecule has 150 valence electrons. The lowest BCUT2D eigenvalue weighted by molar-refractivity contribution is -0.138. The van der Waals surface area contributed by atoms with Crippen molar-refractivity contribution in [2.45, 2.75) is 39.2 Å². The molecule has 0 radical (unpaired) electrons. The Labute approximate surface area is 166 Å². The summed E-state index contributed by atoms with van der Waals surface area (Å²) in [5, 5.41) is 0. The molecule has 4 rings (SSSR count). The first-order valence-electron chi connectivity index (χ1n) is 10.3. The monoisotopic (exact) mass is 384 g/mol. The van der Waals surface area contributed by atoms with Crippen molar-refractivity contribution < 1.29 is 19.1 Å². The van der Waals surface area contributed by atoms with Gasteiger partial charge in [-0.05, 0) is 44.9 Å². The van der Waals surface area contributed by atoms with Gasteiger partial charge in [-0.15, -0.1) is 0 Å². The van der Waals surface area contributed by atoms with Crippen LogP contribution in [-0.2, 0) is 16.0 Å². The number of ether oxygens (including phenoxy) is 2. The molecule has 6 heteroatoms. The number of piperazine rings is 1. The number of rotatable bonds is 5. The molecule has 1 aromatic carbocycles. The quantitative estimate of drug-likeness (QED) is 0.732. The van der Waals surface area contributed by atoms with Crippen molar-refractivity contribution >= 4 is 17.9 Å². The summed E-state index contributed by atoms with van der Waals surface area (Å²) in [4.78, 5) is 28.5. The zero-order valence-electron chi connectivity index (χ0n) is 16.6. The molecule has 0 N–H and O–H groups in total. The maximum Gasteiger partial charge on any atom is 0.246 e. The average molecular weight is 384 g/mol. The van der Waals surface area contributed by atoms with E-state index in [0.717, 1.165) is 41.9 Å². The van der Waals surface area contributed by atoms with E-state index >= 15 is 0 Å². The Kier molecular flexibility index (Phi) is 5.29. The molecule has 2 fully saturated rings. The molecule has 1 saturated carbocycles. The third kappa shape index (κ3) is 4.01. The SMILES string of the molecule is CCOc1cc2c(cc1/C=C/C(=O)N1CCN(C(=O)C3CC3)CC1)OC(C)C2. The summed E-state index contributed by atoms with van der Waals surface area (Å²) in [7, 11) is 0. The van der Waals surface area contributed by atoms with Gasteiger partial charge in [-0.3, -0.25) is 9.59 Å². The number of carbonyl (C=O) groups is 2. The van der Waals surface area contributed by atoms with Gasteiger partial charge in [0.25, 0.3) is 0 Å². The normalized spacial score (nSPS) is 21.6. The zero-order valence-corrected chi connectivity index (χ0v) is 16.6. The number of carbonyl (C=O) groups excluding carboxylic acids is 2. The minimum atomic E-state index is -0.0317. The lowest BCUT2D eigenvalue weighted by Crippen LogP contribution is -2.50. The molecular weight excluding hydrogens is 356 g/mol. The van der Waals surface area contributed by atoms with E-state index in [1.165, 1.54) is 0 Å². The molecule has 1 saturated heterocycles. The van der Waals surface area contributed by atoms with Crippen LogP contribution in [0.25, 0.3) is 6.08 Å². The van der Waals surface area contributed by atoms with E-state index in [0.29, 0.717) is 32.8 Å². The van der Waals surface area contributed by atoms with Gasteiger partial charge in [0, 0.05) is 55.7 Å². The summed E-state index contributed by atoms with van der Waals surface area (Å²) < 4.78 is 11.6. The fourth-order valence-electron chi connectivity index (χ4n) is 3.87. The van der Waals surface area contributed by atoms with Crippen LogP contribution >= 0.6 is 0 Å². The highest BCUT2D eigenvalue weighted by atomic mass is 16.5. The van der Waals surface area contributed by atoms with E-state index in [-0.39, 0.29) is 23.8 Å². The lowest BCUT2D eigenvalue weighted by atomic mass is 10.1. The highest BCUT2D eigenvalue weighted by molar-refractivity contribution is 5.92. The standard InChI is InChI=1S/C22H28N2O4/c1-3-27-19-14-18-12-15(2)28-20(18)13-17(19)6-7-21(25)23-8-10-24(11-9-23)22(26)16-4-5-16/h6-7,13-16H,3-5,8-12H2,1-2H3/b7-6+. The first-order chi connectivity index (χ1) is 13.5. The lowest BCUT2D eigenvalue weighted by Gasteiger charge is -2.34. The van der Waals surface area contributed by atoms with E-state index < -0.39 is 0 Å². The van der Waals surface area contributed by atoms with Crippen molar-refractivity contribution in [2.24, 2.45) is 5.92 Å². The van der Waals surface area contributed by atoms with Gasteiger partial charge in [0.05, 0.1) is 6.61 Å². The van der Waals surface area contributed by atoms with E-state index in [4.69, 9.17) is 9.47 Å². The molecule has 1 unspecified atom stereocenters. The van der Waals surface area contributed by atoms with Gasteiger partial charge in [0.1, 0.15) is 17.6 Å². The van der Waals surface area contributed by atoms with Crippen molar-refractivity contribution in [2.75, 3.05) is 32.8 Å². The van der Waals surface area contributed by atoms with Crippen LogP contribution in [0.3, 0.4) is 0 Å². The van der Waals surface area contributed by atoms with Crippen LogP contribution in [0, 0.1) is 5.92 Å². The molecule has 0 spiro atoms. The van der Waals surface area contributed by atoms with E-state index in [9.17, 15) is 9.59 Å². The van der Waals surface area contributed by atoms with Gasteiger partial charge >= 0.3 is 0 Å². The Hall–Kier alpha value is -2.50. The zero-order chi connectivity index (χ0) is 19.7. The van der Waals surface area contributed by atoms with Crippen LogP contribution in [-0.4, -0.2) is 60.5 Å². The Bertz CT molecular complexity index is 792. The molecule has 1 atom stereocenters. The topological polar surface area (TPSA) is 59.1 Å². The first kappa shape index (κ1) is 18.8. The third-order valence-electron chi connectivity index (χ3n) is 5.56. The minimum absolute atomic E-state index is 0.0317. The van der Waals surface area contributed by atoms with Crippen LogP contribution in [0.4, 0.5) is 0 Å². The number of hydrogen-bond donors (Lipinski definition) is 0. The second-order valence-corrected chi connectivity index (χ2v) is 7.82. The van der Waals surface area contributed by atoms with Crippen molar-refractivity contribution in [3.05, 3.63) is 29.3 Å². The number of nitrogens with zero attached hydrogens (tertiary/aromatic N) is 2. The molecule has 3 aliphatic rings. The van der Waals surface area contributed by atoms with E-state index in [1.54, 1.807) is 11.0 Å². The van der Waals surface area contributed by atoms with Gasteiger partial charge in [-0.25, -0.2) is 0 Å². The Morgan fingerprint density at radius 3 is 2.57 bits per heavy atom. The maximum absolute atomic E-state index is 12.6. The van der Waals surface area contributed by atoms with Crippen LogP contribution in [0.5, 0.6) is 11.5 Å². The molecule has 2 heterocycles. The summed E-state index contributed by atoms with van der Waals surface area (Å²) in [5.41, 5.74) is 2.00. The van der Waals surface area contributed by atoms with Crippen LogP contribution in [0.2, 0.25) is 0 Å². The molecule has 0 aromatic heterocycles. The third-order valence-corrected chi connectivity index (χ3v) is 5.56. The van der Waals surface area contributed by atoms with Crippen molar-refractivity contribution in [3.8, 4) is 11.5 Å². The second kappa shape index (κ2) is 7.86. The summed E-state index contributed by atoms with van der Waals surface area (Å²) in [6, 6.07) is 3.98. The fourth-order valence-corrected chi connectivity index (χ4v) is 3.87. The summed E-state index contributed by atoms with van der Waals surface area (Å²) in [5.74, 6) is 2.12. The van der Waals surface area contributed by atoms with Crippen LogP contribution in [0.15, 0.2) is 18.2 Å². The molecular formula is C22H28N2O4. The Morgan fingerprint density at radius 2 is 1.89 bits per heavy atom. The molecule has 0 bridgehead atoms. The molecule has 1 aromatic rings.